The SMILES string of the molecule is CC(C)(O)CN1CCC(Nc2nc3c(c(N)c2F)c(=O)c(C(=O)O)c2n3C(C)(C)CC2)CC1. The van der Waals surface area contributed by atoms with Crippen LogP contribution in [0, 0.1) is 5.82 Å². The second kappa shape index (κ2) is 7.95. The average Bonchev–Trinajstić information content (AvgIpc) is 3.00. The Labute approximate surface area is 191 Å². The quantitative estimate of drug-likeness (QED) is 0.532. The molecular formula is C23H32FN5O4. The number of carbonyl (C=O) groups is 1. The molecule has 0 aromatic carbocycles. The molecule has 0 aliphatic carbocycles. The van der Waals surface area contributed by atoms with E-state index in [2.05, 4.69) is 15.2 Å². The summed E-state index contributed by atoms with van der Waals surface area (Å²) in [5.74, 6) is -2.21. The molecule has 0 atom stereocenters. The molecule has 2 aliphatic rings. The monoisotopic (exact) mass is 461 g/mol. The number of pyridine rings is 2. The van der Waals surface area contributed by atoms with Crippen molar-refractivity contribution in [2.24, 2.45) is 0 Å². The highest BCUT2D eigenvalue weighted by Gasteiger charge is 2.37. The summed E-state index contributed by atoms with van der Waals surface area (Å²) in [4.78, 5) is 31.6. The second-order valence-electron chi connectivity index (χ2n) is 10.5. The van der Waals surface area contributed by atoms with Crippen molar-refractivity contribution in [3.8, 4) is 0 Å². The van der Waals surface area contributed by atoms with E-state index in [9.17, 15) is 19.8 Å². The number of rotatable bonds is 5. The summed E-state index contributed by atoms with van der Waals surface area (Å²) >= 11 is 0. The minimum Gasteiger partial charge on any atom is -0.477 e. The van der Waals surface area contributed by atoms with Crippen molar-refractivity contribution in [3.63, 3.8) is 0 Å². The van der Waals surface area contributed by atoms with E-state index in [0.717, 1.165) is 25.9 Å². The van der Waals surface area contributed by atoms with Crippen LogP contribution in [0.5, 0.6) is 0 Å². The van der Waals surface area contributed by atoms with Crippen molar-refractivity contribution in [1.82, 2.24) is 14.5 Å². The summed E-state index contributed by atoms with van der Waals surface area (Å²) in [6.45, 7) is 9.47. The molecular weight excluding hydrogens is 429 g/mol. The summed E-state index contributed by atoms with van der Waals surface area (Å²) in [6, 6.07) is -0.0435. The number of halogens is 1. The van der Waals surface area contributed by atoms with Gasteiger partial charge >= 0.3 is 5.97 Å². The van der Waals surface area contributed by atoms with E-state index in [1.54, 1.807) is 18.4 Å². The van der Waals surface area contributed by atoms with Gasteiger partial charge < -0.3 is 30.7 Å². The number of aliphatic hydroxyl groups is 1. The fourth-order valence-electron chi connectivity index (χ4n) is 5.17. The fraction of sp³-hybridized carbons (Fsp3) is 0.609. The van der Waals surface area contributed by atoms with E-state index in [1.807, 2.05) is 13.8 Å². The number of fused-ring (bicyclic) bond motifs is 3. The second-order valence-corrected chi connectivity index (χ2v) is 10.5. The van der Waals surface area contributed by atoms with Crippen LogP contribution in [0.2, 0.25) is 0 Å². The van der Waals surface area contributed by atoms with Gasteiger partial charge in [0.1, 0.15) is 11.2 Å². The van der Waals surface area contributed by atoms with Gasteiger partial charge in [-0.2, -0.15) is 0 Å². The Balaban J connectivity index is 1.74. The predicted octanol–water partition coefficient (Wildman–Crippen LogP) is 2.14. The highest BCUT2D eigenvalue weighted by molar-refractivity contribution is 5.98. The van der Waals surface area contributed by atoms with Crippen molar-refractivity contribution < 1.29 is 19.4 Å². The Bertz CT molecular complexity index is 1180. The van der Waals surface area contributed by atoms with Crippen LogP contribution < -0.4 is 16.5 Å². The fourth-order valence-corrected chi connectivity index (χ4v) is 5.17. The van der Waals surface area contributed by atoms with Gasteiger partial charge in [0.25, 0.3) is 0 Å². The van der Waals surface area contributed by atoms with Crippen LogP contribution in [0.4, 0.5) is 15.9 Å². The first-order valence-electron chi connectivity index (χ1n) is 11.3. The number of aromatic carboxylic acids is 1. The number of nitrogen functional groups attached to an aromatic ring is 1. The number of hydrogen-bond donors (Lipinski definition) is 4. The summed E-state index contributed by atoms with van der Waals surface area (Å²) in [7, 11) is 0. The molecule has 1 fully saturated rings. The Kier molecular flexibility index (Phi) is 5.65. The number of aromatic nitrogens is 2. The number of carboxylic acids is 1. The molecule has 0 unspecified atom stereocenters. The Morgan fingerprint density at radius 1 is 1.33 bits per heavy atom. The maximum Gasteiger partial charge on any atom is 0.341 e. The summed E-state index contributed by atoms with van der Waals surface area (Å²) in [5.41, 5.74) is 3.86. The van der Waals surface area contributed by atoms with Gasteiger partial charge in [-0.25, -0.2) is 14.2 Å². The Hall–Kier alpha value is -2.72. The van der Waals surface area contributed by atoms with Gasteiger partial charge in [-0.05, 0) is 53.4 Å². The predicted molar refractivity (Wildman–Crippen MR) is 124 cm³/mol. The van der Waals surface area contributed by atoms with Crippen LogP contribution in [0.3, 0.4) is 0 Å². The van der Waals surface area contributed by atoms with E-state index in [0.29, 0.717) is 25.1 Å². The van der Waals surface area contributed by atoms with Crippen molar-refractivity contribution in [3.05, 3.63) is 27.3 Å². The number of likely N-dealkylation sites (tertiary alicyclic amines) is 1. The zero-order valence-corrected chi connectivity index (χ0v) is 19.5. The minimum absolute atomic E-state index is 0.0270. The van der Waals surface area contributed by atoms with Crippen LogP contribution in [0.15, 0.2) is 4.79 Å². The number of carboxylic acid groups (broad SMARTS) is 1. The molecule has 2 aliphatic heterocycles. The molecule has 2 aromatic rings. The maximum absolute atomic E-state index is 15.3. The standard InChI is InChI=1S/C23H32FN5O4/c1-22(2)8-5-13-14(21(31)32)18(30)15-17(25)16(24)19(27-20(15)29(13)22)26-12-6-9-28(10-7-12)11-23(3,4)33/h12,33H,5-11H2,1-4H3,(H,31,32)(H3,25,26,27). The lowest BCUT2D eigenvalue weighted by Gasteiger charge is -2.35. The topological polar surface area (TPSA) is 134 Å². The van der Waals surface area contributed by atoms with Crippen LogP contribution in [0.25, 0.3) is 11.0 Å². The zero-order valence-electron chi connectivity index (χ0n) is 19.5. The largest absolute Gasteiger partial charge is 0.477 e. The van der Waals surface area contributed by atoms with Gasteiger partial charge in [0.2, 0.25) is 5.43 Å². The third kappa shape index (κ3) is 4.17. The molecule has 4 heterocycles. The summed E-state index contributed by atoms with van der Waals surface area (Å²) in [5, 5.41) is 22.7. The highest BCUT2D eigenvalue weighted by Crippen LogP contribution is 2.38. The summed E-state index contributed by atoms with van der Waals surface area (Å²) in [6.07, 6.45) is 2.52. The molecule has 180 valence electrons. The van der Waals surface area contributed by atoms with Gasteiger partial charge in [0, 0.05) is 36.9 Å². The number of hydrogen-bond acceptors (Lipinski definition) is 7. The number of anilines is 2. The van der Waals surface area contributed by atoms with Gasteiger partial charge in [-0.15, -0.1) is 0 Å². The summed E-state index contributed by atoms with van der Waals surface area (Å²) < 4.78 is 17.0. The van der Waals surface area contributed by atoms with Crippen LogP contribution >= 0.6 is 0 Å². The van der Waals surface area contributed by atoms with E-state index in [1.165, 1.54) is 0 Å². The third-order valence-corrected chi connectivity index (χ3v) is 6.71. The molecule has 1 saturated heterocycles. The molecule has 9 nitrogen and oxygen atoms in total. The van der Waals surface area contributed by atoms with Crippen molar-refractivity contribution >= 4 is 28.5 Å². The van der Waals surface area contributed by atoms with E-state index < -0.39 is 28.4 Å². The van der Waals surface area contributed by atoms with Gasteiger partial charge in [0.05, 0.1) is 16.7 Å². The number of nitrogens with two attached hydrogens (primary N) is 1. The first-order valence-corrected chi connectivity index (χ1v) is 11.3. The maximum atomic E-state index is 15.3. The smallest absolute Gasteiger partial charge is 0.341 e. The lowest BCUT2D eigenvalue weighted by molar-refractivity contribution is 0.0291. The molecule has 0 spiro atoms. The molecule has 0 bridgehead atoms. The zero-order chi connectivity index (χ0) is 24.3. The van der Waals surface area contributed by atoms with Crippen molar-refractivity contribution in [2.45, 2.75) is 70.6 Å². The molecule has 0 saturated carbocycles. The van der Waals surface area contributed by atoms with Crippen LogP contribution in [-0.4, -0.2) is 61.9 Å². The Morgan fingerprint density at radius 3 is 2.55 bits per heavy atom. The molecule has 4 rings (SSSR count). The van der Waals surface area contributed by atoms with Gasteiger partial charge in [-0.3, -0.25) is 4.79 Å². The third-order valence-electron chi connectivity index (χ3n) is 6.71. The molecule has 2 aromatic heterocycles. The number of nitrogens with zero attached hydrogens (tertiary/aromatic N) is 3. The van der Waals surface area contributed by atoms with E-state index in [-0.39, 0.29) is 34.1 Å². The Morgan fingerprint density at radius 2 is 1.97 bits per heavy atom. The lowest BCUT2D eigenvalue weighted by Crippen LogP contribution is -2.45. The highest BCUT2D eigenvalue weighted by atomic mass is 19.1. The molecule has 10 heteroatoms. The molecule has 5 N–H and O–H groups in total. The first kappa shape index (κ1) is 23.4. The van der Waals surface area contributed by atoms with Crippen LogP contribution in [0.1, 0.15) is 63.0 Å². The average molecular weight is 462 g/mol. The van der Waals surface area contributed by atoms with E-state index in [4.69, 9.17) is 5.73 Å². The first-order chi connectivity index (χ1) is 15.3. The van der Waals surface area contributed by atoms with Crippen LogP contribution in [-0.2, 0) is 12.0 Å². The van der Waals surface area contributed by atoms with Crippen molar-refractivity contribution in [2.75, 3.05) is 30.7 Å². The number of nitrogens with one attached hydrogen (secondary N) is 1. The van der Waals surface area contributed by atoms with E-state index >= 15 is 4.39 Å². The molecule has 33 heavy (non-hydrogen) atoms. The normalized spacial score (nSPS) is 19.1. The van der Waals surface area contributed by atoms with Gasteiger partial charge in [-0.1, -0.05) is 0 Å². The molecule has 0 amide bonds. The minimum atomic E-state index is -1.34. The van der Waals surface area contributed by atoms with Gasteiger partial charge in [0.15, 0.2) is 11.6 Å². The number of β-amino-alcohol motifs (C(OH)–C–C–N with tert-alkyl or cyclic N) is 1. The van der Waals surface area contributed by atoms with Crippen molar-refractivity contribution in [1.29, 1.82) is 0 Å². The lowest BCUT2D eigenvalue weighted by atomic mass is 10.0. The molecule has 0 radical (unpaired) electrons. The number of piperidine rings is 1.